The molecule has 1 saturated heterocycles. The molecular weight excluding hydrogens is 146 g/mol. The van der Waals surface area contributed by atoms with E-state index in [0.717, 1.165) is 23.8 Å². The lowest BCUT2D eigenvalue weighted by Crippen LogP contribution is -2.53. The van der Waals surface area contributed by atoms with Crippen molar-refractivity contribution in [3.05, 3.63) is 0 Å². The summed E-state index contributed by atoms with van der Waals surface area (Å²) in [5.41, 5.74) is 0. The molecule has 0 amide bonds. The van der Waals surface area contributed by atoms with Gasteiger partial charge in [-0.2, -0.15) is 0 Å². The summed E-state index contributed by atoms with van der Waals surface area (Å²) < 4.78 is 0. The third-order valence-electron chi connectivity index (χ3n) is 4.53. The molecule has 3 rings (SSSR count). The van der Waals surface area contributed by atoms with E-state index in [2.05, 4.69) is 11.9 Å². The van der Waals surface area contributed by atoms with Crippen LogP contribution >= 0.6 is 0 Å². The maximum atomic E-state index is 2.60. The summed E-state index contributed by atoms with van der Waals surface area (Å²) in [6.07, 6.45) is 7.68. The Labute approximate surface area is 75.1 Å². The molecule has 0 radical (unpaired) electrons. The Morgan fingerprint density at radius 3 is 2.75 bits per heavy atom. The van der Waals surface area contributed by atoms with Crippen LogP contribution in [-0.2, 0) is 0 Å². The first-order valence-corrected chi connectivity index (χ1v) is 5.56. The van der Waals surface area contributed by atoms with Gasteiger partial charge < -0.3 is 4.90 Å². The highest BCUT2D eigenvalue weighted by Crippen LogP contribution is 2.51. The van der Waals surface area contributed by atoms with Gasteiger partial charge in [0.2, 0.25) is 0 Å². The lowest BCUT2D eigenvalue weighted by molar-refractivity contribution is 0.0314. The SMILES string of the molecule is CN1CC2CC3CCCCC3C21. The van der Waals surface area contributed by atoms with Crippen LogP contribution in [0.25, 0.3) is 0 Å². The van der Waals surface area contributed by atoms with Crippen LogP contribution in [0.3, 0.4) is 0 Å². The van der Waals surface area contributed by atoms with Crippen molar-refractivity contribution in [3.63, 3.8) is 0 Å². The predicted octanol–water partition coefficient (Wildman–Crippen LogP) is 2.13. The highest BCUT2D eigenvalue weighted by Gasteiger charge is 2.51. The predicted molar refractivity (Wildman–Crippen MR) is 50.0 cm³/mol. The Kier molecular flexibility index (Phi) is 1.52. The summed E-state index contributed by atoms with van der Waals surface area (Å²) in [7, 11) is 2.32. The second-order valence-corrected chi connectivity index (χ2v) is 5.13. The summed E-state index contributed by atoms with van der Waals surface area (Å²) in [6.45, 7) is 1.40. The Hall–Kier alpha value is -0.0400. The first-order valence-electron chi connectivity index (χ1n) is 5.56. The maximum Gasteiger partial charge on any atom is 0.0164 e. The van der Waals surface area contributed by atoms with E-state index >= 15 is 0 Å². The van der Waals surface area contributed by atoms with E-state index in [-0.39, 0.29) is 0 Å². The summed E-state index contributed by atoms with van der Waals surface area (Å²) in [4.78, 5) is 2.60. The van der Waals surface area contributed by atoms with Gasteiger partial charge in [-0.1, -0.05) is 19.3 Å². The molecule has 0 aromatic rings. The lowest BCUT2D eigenvalue weighted by atomic mass is 9.79. The molecule has 3 aliphatic rings. The molecule has 0 aromatic heterocycles. The second kappa shape index (κ2) is 2.47. The fourth-order valence-electron chi connectivity index (χ4n) is 4.08. The second-order valence-electron chi connectivity index (χ2n) is 5.13. The molecule has 2 saturated carbocycles. The maximum absolute atomic E-state index is 2.60. The molecule has 3 fully saturated rings. The summed E-state index contributed by atoms with van der Waals surface area (Å²) in [5, 5.41) is 0. The van der Waals surface area contributed by atoms with Crippen molar-refractivity contribution >= 4 is 0 Å². The minimum absolute atomic E-state index is 1.01. The smallest absolute Gasteiger partial charge is 0.0164 e. The van der Waals surface area contributed by atoms with Crippen LogP contribution in [0.15, 0.2) is 0 Å². The van der Waals surface area contributed by atoms with Crippen LogP contribution in [0.5, 0.6) is 0 Å². The molecule has 1 aliphatic heterocycles. The zero-order valence-electron chi connectivity index (χ0n) is 8.00. The van der Waals surface area contributed by atoms with Gasteiger partial charge >= 0.3 is 0 Å². The number of nitrogens with zero attached hydrogens (tertiary/aromatic N) is 1. The highest BCUT2D eigenvalue weighted by molar-refractivity contribution is 5.04. The minimum Gasteiger partial charge on any atom is -0.302 e. The van der Waals surface area contributed by atoms with Gasteiger partial charge in [0.25, 0.3) is 0 Å². The number of hydrogen-bond acceptors (Lipinski definition) is 1. The van der Waals surface area contributed by atoms with Crippen LogP contribution in [0.1, 0.15) is 32.1 Å². The van der Waals surface area contributed by atoms with Crippen LogP contribution in [0.4, 0.5) is 0 Å². The zero-order valence-corrected chi connectivity index (χ0v) is 8.00. The van der Waals surface area contributed by atoms with Crippen molar-refractivity contribution in [3.8, 4) is 0 Å². The average Bonchev–Trinajstić information content (AvgIpc) is 2.35. The first-order chi connectivity index (χ1) is 5.86. The molecule has 68 valence electrons. The summed E-state index contributed by atoms with van der Waals surface area (Å²) in [6, 6.07) is 1.01. The third kappa shape index (κ3) is 0.834. The van der Waals surface area contributed by atoms with E-state index < -0.39 is 0 Å². The average molecular weight is 165 g/mol. The van der Waals surface area contributed by atoms with Crippen molar-refractivity contribution in [2.24, 2.45) is 17.8 Å². The molecule has 0 N–H and O–H groups in total. The zero-order chi connectivity index (χ0) is 8.13. The molecule has 1 heteroatoms. The largest absolute Gasteiger partial charge is 0.302 e. The van der Waals surface area contributed by atoms with Gasteiger partial charge in [-0.3, -0.25) is 0 Å². The number of fused-ring (bicyclic) bond motifs is 3. The van der Waals surface area contributed by atoms with E-state index in [1.807, 2.05) is 0 Å². The van der Waals surface area contributed by atoms with E-state index in [9.17, 15) is 0 Å². The number of hydrogen-bond donors (Lipinski definition) is 0. The van der Waals surface area contributed by atoms with Crippen molar-refractivity contribution < 1.29 is 0 Å². The van der Waals surface area contributed by atoms with Gasteiger partial charge in [-0.05, 0) is 37.6 Å². The van der Waals surface area contributed by atoms with E-state index in [1.54, 1.807) is 12.8 Å². The van der Waals surface area contributed by atoms with Gasteiger partial charge in [0, 0.05) is 12.6 Å². The Morgan fingerprint density at radius 2 is 1.92 bits per heavy atom. The normalized spacial score (nSPS) is 52.8. The molecule has 1 heterocycles. The molecule has 0 spiro atoms. The Balaban J connectivity index is 1.79. The van der Waals surface area contributed by atoms with Gasteiger partial charge in [0.15, 0.2) is 0 Å². The van der Waals surface area contributed by atoms with Gasteiger partial charge in [-0.25, -0.2) is 0 Å². The van der Waals surface area contributed by atoms with E-state index in [1.165, 1.54) is 25.8 Å². The van der Waals surface area contributed by atoms with Crippen molar-refractivity contribution in [2.75, 3.05) is 13.6 Å². The molecular formula is C11H19N. The quantitative estimate of drug-likeness (QED) is 0.531. The van der Waals surface area contributed by atoms with E-state index in [0.29, 0.717) is 0 Å². The van der Waals surface area contributed by atoms with Crippen LogP contribution in [0.2, 0.25) is 0 Å². The van der Waals surface area contributed by atoms with Gasteiger partial charge in [-0.15, -0.1) is 0 Å². The Bertz CT molecular complexity index is 189. The van der Waals surface area contributed by atoms with Crippen LogP contribution in [0, 0.1) is 17.8 Å². The van der Waals surface area contributed by atoms with Gasteiger partial charge in [0.1, 0.15) is 0 Å². The standard InChI is InChI=1S/C11H19N/c1-12-7-9-6-8-4-2-3-5-10(8)11(9)12/h8-11H,2-7H2,1H3. The monoisotopic (exact) mass is 165 g/mol. The molecule has 2 aliphatic carbocycles. The fraction of sp³-hybridized carbons (Fsp3) is 1.00. The fourth-order valence-corrected chi connectivity index (χ4v) is 4.08. The molecule has 4 atom stereocenters. The molecule has 1 nitrogen and oxygen atoms in total. The molecule has 0 aromatic carbocycles. The van der Waals surface area contributed by atoms with Crippen molar-refractivity contribution in [2.45, 2.75) is 38.1 Å². The number of rotatable bonds is 0. The first kappa shape index (κ1) is 7.37. The van der Waals surface area contributed by atoms with Crippen LogP contribution in [-0.4, -0.2) is 24.5 Å². The van der Waals surface area contributed by atoms with Crippen LogP contribution < -0.4 is 0 Å². The molecule has 4 unspecified atom stereocenters. The highest BCUT2D eigenvalue weighted by atomic mass is 15.2. The minimum atomic E-state index is 1.01. The summed E-state index contributed by atoms with van der Waals surface area (Å²) >= 11 is 0. The third-order valence-corrected chi connectivity index (χ3v) is 4.53. The summed E-state index contributed by atoms with van der Waals surface area (Å²) in [5.74, 6) is 3.32. The lowest BCUT2D eigenvalue weighted by Gasteiger charge is -2.45. The topological polar surface area (TPSA) is 3.24 Å². The van der Waals surface area contributed by atoms with Crippen molar-refractivity contribution in [1.82, 2.24) is 4.90 Å². The molecule has 12 heavy (non-hydrogen) atoms. The Morgan fingerprint density at radius 1 is 1.08 bits per heavy atom. The van der Waals surface area contributed by atoms with E-state index in [4.69, 9.17) is 0 Å². The van der Waals surface area contributed by atoms with Gasteiger partial charge in [0.05, 0.1) is 0 Å². The molecule has 0 bridgehead atoms. The number of likely N-dealkylation sites (tertiary alicyclic amines) is 1. The van der Waals surface area contributed by atoms with Crippen molar-refractivity contribution in [1.29, 1.82) is 0 Å².